The predicted molar refractivity (Wildman–Crippen MR) is 110 cm³/mol. The van der Waals surface area contributed by atoms with Crippen molar-refractivity contribution in [3.8, 4) is 11.1 Å². The average Bonchev–Trinajstić information content (AvgIpc) is 2.67. The number of aromatic amines is 1. The first-order valence-corrected chi connectivity index (χ1v) is 9.16. The Hall–Kier alpha value is -3.16. The largest absolute Gasteiger partial charge is 0.481 e. The molecule has 29 heavy (non-hydrogen) atoms. The van der Waals surface area contributed by atoms with E-state index < -0.39 is 22.4 Å². The van der Waals surface area contributed by atoms with Gasteiger partial charge in [-0.25, -0.2) is 0 Å². The minimum Gasteiger partial charge on any atom is -0.481 e. The molecule has 148 valence electrons. The molecule has 1 aromatic heterocycles. The van der Waals surface area contributed by atoms with Crippen LogP contribution in [0.1, 0.15) is 17.0 Å². The summed E-state index contributed by atoms with van der Waals surface area (Å²) in [6.45, 7) is 0. The average molecular weight is 433 g/mol. The standard InChI is InChI=1S/C20H14Cl2N2O5/c21-12-3-1-11(2-4-12)9-16(20(26)27)18-14(7-8-23-19(18)25)15-10-13(22)5-6-17(15)24(28)29/h1-8,10,16H,9H2,(H,23,25)(H,26,27). The van der Waals surface area contributed by atoms with Crippen LogP contribution < -0.4 is 5.56 Å². The van der Waals surface area contributed by atoms with Gasteiger partial charge in [-0.2, -0.15) is 0 Å². The van der Waals surface area contributed by atoms with Gasteiger partial charge in [0.2, 0.25) is 0 Å². The van der Waals surface area contributed by atoms with Crippen LogP contribution in [-0.4, -0.2) is 21.0 Å². The van der Waals surface area contributed by atoms with E-state index in [-0.39, 0.29) is 33.8 Å². The van der Waals surface area contributed by atoms with Gasteiger partial charge in [-0.3, -0.25) is 19.7 Å². The van der Waals surface area contributed by atoms with Crippen molar-refractivity contribution in [3.05, 3.63) is 96.4 Å². The number of aromatic nitrogens is 1. The van der Waals surface area contributed by atoms with Gasteiger partial charge in [0.25, 0.3) is 11.2 Å². The molecular formula is C20H14Cl2N2O5. The lowest BCUT2D eigenvalue weighted by atomic mass is 9.87. The number of nitro benzene ring substituents is 1. The number of hydrogen-bond acceptors (Lipinski definition) is 4. The molecule has 1 heterocycles. The monoisotopic (exact) mass is 432 g/mol. The number of hydrogen-bond donors (Lipinski definition) is 2. The summed E-state index contributed by atoms with van der Waals surface area (Å²) in [6, 6.07) is 11.9. The smallest absolute Gasteiger partial charge is 0.311 e. The Balaban J connectivity index is 2.21. The highest BCUT2D eigenvalue weighted by Gasteiger charge is 2.29. The summed E-state index contributed by atoms with van der Waals surface area (Å²) in [4.78, 5) is 38.0. The Labute approximate surface area is 174 Å². The van der Waals surface area contributed by atoms with E-state index in [1.54, 1.807) is 24.3 Å². The lowest BCUT2D eigenvalue weighted by molar-refractivity contribution is -0.384. The summed E-state index contributed by atoms with van der Waals surface area (Å²) in [6.07, 6.45) is 1.31. The summed E-state index contributed by atoms with van der Waals surface area (Å²) in [5, 5.41) is 22.0. The summed E-state index contributed by atoms with van der Waals surface area (Å²) in [5.41, 5.74) is -0.137. The zero-order valence-corrected chi connectivity index (χ0v) is 16.3. The van der Waals surface area contributed by atoms with Gasteiger partial charge in [0.1, 0.15) is 0 Å². The molecule has 0 saturated heterocycles. The molecule has 2 N–H and O–H groups in total. The van der Waals surface area contributed by atoms with Gasteiger partial charge < -0.3 is 10.1 Å². The molecule has 3 rings (SSSR count). The predicted octanol–water partition coefficient (Wildman–Crippen LogP) is 4.67. The number of halogens is 2. The molecule has 0 spiro atoms. The van der Waals surface area contributed by atoms with E-state index in [9.17, 15) is 24.8 Å². The van der Waals surface area contributed by atoms with E-state index in [1.165, 1.54) is 30.5 Å². The summed E-state index contributed by atoms with van der Waals surface area (Å²) in [7, 11) is 0. The fraction of sp³-hybridized carbons (Fsp3) is 0.100. The summed E-state index contributed by atoms with van der Waals surface area (Å²) >= 11 is 11.9. The Morgan fingerprint density at radius 2 is 1.72 bits per heavy atom. The molecular weight excluding hydrogens is 419 g/mol. The maximum absolute atomic E-state index is 12.6. The van der Waals surface area contributed by atoms with Crippen LogP contribution in [0.25, 0.3) is 11.1 Å². The Morgan fingerprint density at radius 3 is 2.34 bits per heavy atom. The molecule has 0 amide bonds. The van der Waals surface area contributed by atoms with Gasteiger partial charge in [-0.15, -0.1) is 0 Å². The Morgan fingerprint density at radius 1 is 1.07 bits per heavy atom. The van der Waals surface area contributed by atoms with Crippen molar-refractivity contribution in [1.82, 2.24) is 4.98 Å². The van der Waals surface area contributed by atoms with Gasteiger partial charge in [0.15, 0.2) is 0 Å². The van der Waals surface area contributed by atoms with E-state index in [0.717, 1.165) is 0 Å². The van der Waals surface area contributed by atoms with E-state index >= 15 is 0 Å². The van der Waals surface area contributed by atoms with Crippen LogP contribution in [0.2, 0.25) is 10.0 Å². The number of pyridine rings is 1. The normalized spacial score (nSPS) is 11.8. The fourth-order valence-electron chi connectivity index (χ4n) is 3.12. The number of carboxylic acid groups (broad SMARTS) is 1. The Kier molecular flexibility index (Phi) is 6.00. The van der Waals surface area contributed by atoms with E-state index in [0.29, 0.717) is 10.6 Å². The number of H-pyrrole nitrogens is 1. The zero-order chi connectivity index (χ0) is 21.1. The highest BCUT2D eigenvalue weighted by atomic mass is 35.5. The van der Waals surface area contributed by atoms with Crippen molar-refractivity contribution in [2.75, 3.05) is 0 Å². The highest BCUT2D eigenvalue weighted by Crippen LogP contribution is 2.36. The Bertz CT molecular complexity index is 1140. The highest BCUT2D eigenvalue weighted by molar-refractivity contribution is 6.31. The molecule has 2 aromatic carbocycles. The minimum absolute atomic E-state index is 0.000951. The number of nitro groups is 1. The number of nitrogens with one attached hydrogen (secondary N) is 1. The third kappa shape index (κ3) is 4.47. The van der Waals surface area contributed by atoms with Crippen molar-refractivity contribution in [1.29, 1.82) is 0 Å². The van der Waals surface area contributed by atoms with Crippen LogP contribution in [0.4, 0.5) is 5.69 Å². The molecule has 1 unspecified atom stereocenters. The van der Waals surface area contributed by atoms with Crippen LogP contribution in [-0.2, 0) is 11.2 Å². The molecule has 3 aromatic rings. The molecule has 9 heteroatoms. The van der Waals surface area contributed by atoms with Crippen LogP contribution in [0.15, 0.2) is 59.5 Å². The zero-order valence-electron chi connectivity index (χ0n) is 14.8. The number of nitrogens with zero attached hydrogens (tertiary/aromatic N) is 1. The van der Waals surface area contributed by atoms with Crippen LogP contribution >= 0.6 is 23.2 Å². The van der Waals surface area contributed by atoms with Crippen LogP contribution in [0, 0.1) is 10.1 Å². The molecule has 0 aliphatic rings. The number of aliphatic carboxylic acids is 1. The fourth-order valence-corrected chi connectivity index (χ4v) is 3.42. The van der Waals surface area contributed by atoms with Crippen molar-refractivity contribution in [2.24, 2.45) is 0 Å². The van der Waals surface area contributed by atoms with Crippen molar-refractivity contribution in [2.45, 2.75) is 12.3 Å². The van der Waals surface area contributed by atoms with Crippen molar-refractivity contribution >= 4 is 34.9 Å². The second kappa shape index (κ2) is 8.46. The second-order valence-electron chi connectivity index (χ2n) is 6.27. The molecule has 0 aliphatic carbocycles. The van der Waals surface area contributed by atoms with E-state index in [4.69, 9.17) is 23.2 Å². The lowest BCUT2D eigenvalue weighted by Gasteiger charge is -2.16. The van der Waals surface area contributed by atoms with Crippen LogP contribution in [0.5, 0.6) is 0 Å². The van der Waals surface area contributed by atoms with Gasteiger partial charge in [0, 0.05) is 27.9 Å². The summed E-state index contributed by atoms with van der Waals surface area (Å²) in [5.74, 6) is -2.47. The van der Waals surface area contributed by atoms with Crippen molar-refractivity contribution in [3.63, 3.8) is 0 Å². The maximum Gasteiger partial charge on any atom is 0.311 e. The summed E-state index contributed by atoms with van der Waals surface area (Å²) < 4.78 is 0. The molecule has 7 nitrogen and oxygen atoms in total. The first-order valence-electron chi connectivity index (χ1n) is 8.41. The first-order chi connectivity index (χ1) is 13.8. The van der Waals surface area contributed by atoms with Crippen LogP contribution in [0.3, 0.4) is 0 Å². The number of carboxylic acids is 1. The molecule has 0 fully saturated rings. The number of carbonyl (C=O) groups is 1. The molecule has 0 radical (unpaired) electrons. The number of rotatable bonds is 6. The molecule has 0 saturated carbocycles. The number of benzene rings is 2. The molecule has 1 atom stereocenters. The van der Waals surface area contributed by atoms with E-state index in [1.807, 2.05) is 0 Å². The minimum atomic E-state index is -1.24. The third-order valence-electron chi connectivity index (χ3n) is 4.44. The molecule has 0 bridgehead atoms. The van der Waals surface area contributed by atoms with E-state index in [2.05, 4.69) is 4.98 Å². The second-order valence-corrected chi connectivity index (χ2v) is 7.15. The van der Waals surface area contributed by atoms with Gasteiger partial charge in [0.05, 0.1) is 16.4 Å². The van der Waals surface area contributed by atoms with Gasteiger partial charge in [-0.05, 0) is 47.9 Å². The van der Waals surface area contributed by atoms with Crippen molar-refractivity contribution < 1.29 is 14.8 Å². The first kappa shape index (κ1) is 20.6. The lowest BCUT2D eigenvalue weighted by Crippen LogP contribution is -2.24. The molecule has 0 aliphatic heterocycles. The van der Waals surface area contributed by atoms with Gasteiger partial charge in [-0.1, -0.05) is 35.3 Å². The third-order valence-corrected chi connectivity index (χ3v) is 4.93. The topological polar surface area (TPSA) is 113 Å². The quantitative estimate of drug-likeness (QED) is 0.433. The maximum atomic E-state index is 12.6. The van der Waals surface area contributed by atoms with Gasteiger partial charge >= 0.3 is 5.97 Å². The SMILES string of the molecule is O=C(O)C(Cc1ccc(Cl)cc1)c1c(-c2cc(Cl)ccc2[N+](=O)[O-])cc[nH]c1=O.